The maximum Gasteiger partial charge on any atom is 0.245 e. The van der Waals surface area contributed by atoms with Crippen molar-refractivity contribution in [3.8, 4) is 0 Å². The molecule has 114 valence electrons. The summed E-state index contributed by atoms with van der Waals surface area (Å²) in [5, 5.41) is 2.76. The minimum Gasteiger partial charge on any atom is -0.344 e. The smallest absolute Gasteiger partial charge is 0.245 e. The molecule has 21 heavy (non-hydrogen) atoms. The third-order valence-corrected chi connectivity index (χ3v) is 3.74. The van der Waals surface area contributed by atoms with Crippen LogP contribution in [0.2, 0.25) is 0 Å². The number of benzene rings is 1. The lowest BCUT2D eigenvalue weighted by molar-refractivity contribution is -0.133. The fourth-order valence-corrected chi connectivity index (χ4v) is 2.56. The number of amides is 2. The first-order chi connectivity index (χ1) is 10.1. The first-order valence-corrected chi connectivity index (χ1v) is 7.43. The third-order valence-electron chi connectivity index (χ3n) is 3.74. The minimum absolute atomic E-state index is 0.0564. The highest BCUT2D eigenvalue weighted by atomic mass is 19.1. The molecule has 1 fully saturated rings. The van der Waals surface area contributed by atoms with Gasteiger partial charge in [0.2, 0.25) is 11.8 Å². The summed E-state index contributed by atoms with van der Waals surface area (Å²) in [6.45, 7) is 2.82. The molecule has 0 spiro atoms. The molecule has 1 aromatic carbocycles. The van der Waals surface area contributed by atoms with E-state index in [1.165, 1.54) is 6.07 Å². The molecule has 0 saturated carbocycles. The van der Waals surface area contributed by atoms with E-state index in [-0.39, 0.29) is 17.6 Å². The lowest BCUT2D eigenvalue weighted by atomic mass is 10.1. The van der Waals surface area contributed by atoms with Crippen molar-refractivity contribution in [3.63, 3.8) is 0 Å². The van der Waals surface area contributed by atoms with Crippen LogP contribution >= 0.6 is 0 Å². The normalized spacial score (nSPS) is 19.3. The van der Waals surface area contributed by atoms with Crippen LogP contribution < -0.4 is 5.32 Å². The van der Waals surface area contributed by atoms with Crippen molar-refractivity contribution in [2.24, 2.45) is 0 Å². The fourth-order valence-electron chi connectivity index (χ4n) is 2.56. The van der Waals surface area contributed by atoms with Gasteiger partial charge in [0.25, 0.3) is 0 Å². The van der Waals surface area contributed by atoms with E-state index >= 15 is 0 Å². The van der Waals surface area contributed by atoms with Crippen LogP contribution in [0.15, 0.2) is 24.3 Å². The quantitative estimate of drug-likeness (QED) is 0.901. The van der Waals surface area contributed by atoms with Crippen LogP contribution in [0, 0.1) is 5.82 Å². The van der Waals surface area contributed by atoms with Gasteiger partial charge in [-0.3, -0.25) is 9.59 Å². The van der Waals surface area contributed by atoms with Crippen LogP contribution in [0.25, 0.3) is 0 Å². The van der Waals surface area contributed by atoms with Crippen molar-refractivity contribution in [1.82, 2.24) is 10.2 Å². The summed E-state index contributed by atoms with van der Waals surface area (Å²) >= 11 is 0. The number of hydrogen-bond donors (Lipinski definition) is 1. The average Bonchev–Trinajstić information content (AvgIpc) is 2.60. The lowest BCUT2D eigenvalue weighted by Gasteiger charge is -2.24. The van der Waals surface area contributed by atoms with Gasteiger partial charge in [-0.1, -0.05) is 31.5 Å². The molecule has 5 heteroatoms. The highest BCUT2D eigenvalue weighted by Gasteiger charge is 2.28. The van der Waals surface area contributed by atoms with Crippen molar-refractivity contribution in [1.29, 1.82) is 0 Å². The van der Waals surface area contributed by atoms with E-state index in [4.69, 9.17) is 0 Å². The second-order valence-corrected chi connectivity index (χ2v) is 5.33. The molecule has 4 nitrogen and oxygen atoms in total. The molecule has 0 bridgehead atoms. The first-order valence-electron chi connectivity index (χ1n) is 7.43. The van der Waals surface area contributed by atoms with Crippen LogP contribution in [0.1, 0.15) is 31.7 Å². The highest BCUT2D eigenvalue weighted by Crippen LogP contribution is 2.12. The second kappa shape index (κ2) is 7.20. The molecule has 1 atom stereocenters. The lowest BCUT2D eigenvalue weighted by Crippen LogP contribution is -2.45. The fraction of sp³-hybridized carbons (Fsp3) is 0.500. The van der Waals surface area contributed by atoms with Crippen LogP contribution in [0.5, 0.6) is 0 Å². The van der Waals surface area contributed by atoms with Crippen LogP contribution in [-0.2, 0) is 16.0 Å². The predicted molar refractivity (Wildman–Crippen MR) is 78.1 cm³/mol. The van der Waals surface area contributed by atoms with E-state index in [1.54, 1.807) is 23.1 Å². The zero-order chi connectivity index (χ0) is 15.2. The number of nitrogens with zero attached hydrogens (tertiary/aromatic N) is 1. The van der Waals surface area contributed by atoms with Crippen molar-refractivity contribution < 1.29 is 14.0 Å². The largest absolute Gasteiger partial charge is 0.344 e. The molecule has 2 rings (SSSR count). The topological polar surface area (TPSA) is 49.4 Å². The van der Waals surface area contributed by atoms with Gasteiger partial charge in [-0.15, -0.1) is 0 Å². The van der Waals surface area contributed by atoms with E-state index in [9.17, 15) is 14.0 Å². The van der Waals surface area contributed by atoms with E-state index in [1.807, 2.05) is 6.92 Å². The predicted octanol–water partition coefficient (Wildman–Crippen LogP) is 1.89. The summed E-state index contributed by atoms with van der Waals surface area (Å²) in [5.74, 6) is -0.395. The van der Waals surface area contributed by atoms with E-state index < -0.39 is 6.04 Å². The van der Waals surface area contributed by atoms with Gasteiger partial charge in [0.1, 0.15) is 11.9 Å². The molecule has 1 unspecified atom stereocenters. The van der Waals surface area contributed by atoms with Crippen LogP contribution in [0.3, 0.4) is 0 Å². The number of nitrogens with one attached hydrogen (secondary N) is 1. The third kappa shape index (κ3) is 4.03. The monoisotopic (exact) mass is 292 g/mol. The number of carbonyl (C=O) groups excluding carboxylic acids is 2. The van der Waals surface area contributed by atoms with Crippen molar-refractivity contribution in [3.05, 3.63) is 35.6 Å². The van der Waals surface area contributed by atoms with E-state index in [2.05, 4.69) is 5.32 Å². The van der Waals surface area contributed by atoms with Crippen molar-refractivity contribution in [2.45, 2.75) is 38.6 Å². The molecular formula is C16H21FN2O2. The SMILES string of the molecule is CCCC1NC(=O)CCN(CCc2ccccc2F)C1=O. The Morgan fingerprint density at radius 3 is 2.81 bits per heavy atom. The maximum atomic E-state index is 13.6. The van der Waals surface area contributed by atoms with Gasteiger partial charge in [0.15, 0.2) is 0 Å². The summed E-state index contributed by atoms with van der Waals surface area (Å²) in [5.41, 5.74) is 0.598. The summed E-state index contributed by atoms with van der Waals surface area (Å²) in [4.78, 5) is 25.7. The molecule has 0 radical (unpaired) electrons. The highest BCUT2D eigenvalue weighted by molar-refractivity contribution is 5.89. The number of hydrogen-bond acceptors (Lipinski definition) is 2. The Kier molecular flexibility index (Phi) is 5.31. The Morgan fingerprint density at radius 2 is 2.10 bits per heavy atom. The summed E-state index contributed by atoms with van der Waals surface area (Å²) in [6, 6.07) is 6.14. The Bertz CT molecular complexity index is 519. The number of rotatable bonds is 5. The van der Waals surface area contributed by atoms with Gasteiger partial charge >= 0.3 is 0 Å². The van der Waals surface area contributed by atoms with Gasteiger partial charge in [0, 0.05) is 19.5 Å². The minimum atomic E-state index is -0.439. The van der Waals surface area contributed by atoms with Crippen LogP contribution in [-0.4, -0.2) is 35.8 Å². The molecule has 1 aliphatic heterocycles. The van der Waals surface area contributed by atoms with E-state index in [0.29, 0.717) is 37.9 Å². The average molecular weight is 292 g/mol. The summed E-state index contributed by atoms with van der Waals surface area (Å²) in [6.07, 6.45) is 2.24. The molecule has 1 N–H and O–H groups in total. The Hall–Kier alpha value is -1.91. The molecule has 1 aromatic rings. The molecule has 0 aromatic heterocycles. The zero-order valence-electron chi connectivity index (χ0n) is 12.3. The summed E-state index contributed by atoms with van der Waals surface area (Å²) in [7, 11) is 0. The Balaban J connectivity index is 2.02. The van der Waals surface area contributed by atoms with Crippen molar-refractivity contribution >= 4 is 11.8 Å². The molecule has 1 saturated heterocycles. The van der Waals surface area contributed by atoms with Gasteiger partial charge < -0.3 is 10.2 Å². The molecule has 1 aliphatic rings. The van der Waals surface area contributed by atoms with Gasteiger partial charge in [0.05, 0.1) is 0 Å². The zero-order valence-corrected chi connectivity index (χ0v) is 12.3. The molecule has 1 heterocycles. The number of carbonyl (C=O) groups is 2. The molecule has 0 aliphatic carbocycles. The maximum absolute atomic E-state index is 13.6. The van der Waals surface area contributed by atoms with Gasteiger partial charge in [-0.2, -0.15) is 0 Å². The van der Waals surface area contributed by atoms with E-state index in [0.717, 1.165) is 6.42 Å². The van der Waals surface area contributed by atoms with Crippen LogP contribution in [0.4, 0.5) is 4.39 Å². The Morgan fingerprint density at radius 1 is 1.33 bits per heavy atom. The second-order valence-electron chi connectivity index (χ2n) is 5.33. The summed E-state index contributed by atoms with van der Waals surface area (Å²) < 4.78 is 13.6. The first kappa shape index (κ1) is 15.5. The van der Waals surface area contributed by atoms with Gasteiger partial charge in [-0.25, -0.2) is 4.39 Å². The van der Waals surface area contributed by atoms with Crippen molar-refractivity contribution in [2.75, 3.05) is 13.1 Å². The van der Waals surface area contributed by atoms with Gasteiger partial charge in [-0.05, 0) is 24.5 Å². The Labute approximate surface area is 124 Å². The molecule has 2 amide bonds. The molecular weight excluding hydrogens is 271 g/mol. The number of halogens is 1. The standard InChI is InChI=1S/C16H21FN2O2/c1-2-5-14-16(21)19(11-9-15(20)18-14)10-8-12-6-3-4-7-13(12)17/h3-4,6-7,14H,2,5,8-11H2,1H3,(H,18,20).